The Morgan fingerprint density at radius 1 is 0.948 bits per heavy atom. The van der Waals surface area contributed by atoms with E-state index >= 15 is 0 Å². The SMILES string of the molecule is C.COC(=O)CS(=O)(=O)c1cccc(B2OC(C)(C)C(C)(C)O2)c1.FC(F)(F)c1ccc(CBr)o1.NC1CCc2cccc3cccc1c23.O=Cc1ccc(Br)cc1. The highest BCUT2D eigenvalue weighted by molar-refractivity contribution is 9.10. The lowest BCUT2D eigenvalue weighted by Crippen LogP contribution is -2.41. The fraction of sp³-hybridized carbons (Fsp3) is 0.333. The van der Waals surface area contributed by atoms with E-state index in [4.69, 9.17) is 15.0 Å². The lowest BCUT2D eigenvalue weighted by atomic mass is 9.79. The third-order valence-electron chi connectivity index (χ3n) is 9.50. The predicted molar refractivity (Wildman–Crippen MR) is 228 cm³/mol. The number of furan rings is 1. The van der Waals surface area contributed by atoms with Crippen molar-refractivity contribution in [2.45, 2.75) is 81.6 Å². The van der Waals surface area contributed by atoms with Crippen LogP contribution in [0, 0.1) is 0 Å². The Hall–Kier alpha value is -3.80. The molecule has 7 rings (SSSR count). The molecule has 1 saturated heterocycles. The summed E-state index contributed by atoms with van der Waals surface area (Å²) >= 11 is 6.24. The Morgan fingerprint density at radius 3 is 2.09 bits per heavy atom. The number of hydrogen-bond acceptors (Lipinski definition) is 9. The van der Waals surface area contributed by atoms with Crippen LogP contribution in [0.15, 0.2) is 111 Å². The summed E-state index contributed by atoms with van der Waals surface area (Å²) < 4.78 is 81.6. The molecule has 0 spiro atoms. The maximum absolute atomic E-state index is 12.2. The molecule has 1 atom stereocenters. The Labute approximate surface area is 355 Å². The van der Waals surface area contributed by atoms with Gasteiger partial charge >= 0.3 is 19.3 Å². The van der Waals surface area contributed by atoms with Gasteiger partial charge in [-0.3, -0.25) is 9.59 Å². The molecule has 1 unspecified atom stereocenters. The van der Waals surface area contributed by atoms with Crippen molar-refractivity contribution in [3.8, 4) is 0 Å². The lowest BCUT2D eigenvalue weighted by Gasteiger charge is -2.32. The van der Waals surface area contributed by atoms with E-state index in [0.717, 1.165) is 36.8 Å². The van der Waals surface area contributed by atoms with E-state index < -0.39 is 51.8 Å². The van der Waals surface area contributed by atoms with Gasteiger partial charge in [0.25, 0.3) is 0 Å². The number of hydrogen-bond donors (Lipinski definition) is 1. The zero-order valence-electron chi connectivity index (χ0n) is 31.9. The molecule has 58 heavy (non-hydrogen) atoms. The summed E-state index contributed by atoms with van der Waals surface area (Å²) in [5.74, 6) is -2.17. The number of benzene rings is 4. The Kier molecular flexibility index (Phi) is 17.1. The minimum absolute atomic E-state index is 0. The molecule has 2 N–H and O–H groups in total. The average Bonchev–Trinajstić information content (AvgIpc) is 3.76. The number of aldehydes is 1. The number of halogens is 5. The highest BCUT2D eigenvalue weighted by Gasteiger charge is 2.51. The second kappa shape index (κ2) is 20.5. The van der Waals surface area contributed by atoms with Gasteiger partial charge in [0.05, 0.1) is 28.5 Å². The molecule has 1 aliphatic carbocycles. The maximum atomic E-state index is 12.2. The molecule has 2 heterocycles. The van der Waals surface area contributed by atoms with Gasteiger partial charge in [0.2, 0.25) is 5.76 Å². The van der Waals surface area contributed by atoms with E-state index in [1.54, 1.807) is 24.3 Å². The molecule has 0 saturated carbocycles. The van der Waals surface area contributed by atoms with E-state index in [2.05, 4.69) is 77.4 Å². The van der Waals surface area contributed by atoms with Gasteiger partial charge < -0.3 is 24.2 Å². The Bertz CT molecular complexity index is 2240. The molecule has 0 bridgehead atoms. The third kappa shape index (κ3) is 12.6. The van der Waals surface area contributed by atoms with Crippen LogP contribution in [0.2, 0.25) is 0 Å². The predicted octanol–water partition coefficient (Wildman–Crippen LogP) is 9.81. The van der Waals surface area contributed by atoms with Gasteiger partial charge in [-0.15, -0.1) is 0 Å². The summed E-state index contributed by atoms with van der Waals surface area (Å²) in [6, 6.07) is 28.8. The Balaban J connectivity index is 0.000000220. The number of carbonyl (C=O) groups excluding carboxylic acids is 2. The molecule has 0 amide bonds. The summed E-state index contributed by atoms with van der Waals surface area (Å²) in [6.45, 7) is 7.69. The molecule has 312 valence electrons. The minimum atomic E-state index is -4.37. The van der Waals surface area contributed by atoms with Crippen LogP contribution in [-0.2, 0) is 46.6 Å². The fourth-order valence-corrected chi connectivity index (χ4v) is 7.47. The van der Waals surface area contributed by atoms with Crippen LogP contribution < -0.4 is 11.2 Å². The van der Waals surface area contributed by atoms with Gasteiger partial charge in [0.1, 0.15) is 12.0 Å². The third-order valence-corrected chi connectivity index (χ3v) is 12.2. The summed E-state index contributed by atoms with van der Waals surface area (Å²) in [4.78, 5) is 21.4. The number of sulfone groups is 1. The van der Waals surface area contributed by atoms with Crippen LogP contribution in [-0.4, -0.2) is 51.9 Å². The van der Waals surface area contributed by atoms with Crippen LogP contribution in [0.3, 0.4) is 0 Å². The molecule has 16 heteroatoms. The topological polar surface area (TPSA) is 135 Å². The van der Waals surface area contributed by atoms with E-state index in [-0.39, 0.29) is 24.1 Å². The normalized spacial score (nSPS) is 16.3. The first-order valence-corrected chi connectivity index (χ1v) is 21.2. The van der Waals surface area contributed by atoms with Crippen molar-refractivity contribution in [1.82, 2.24) is 0 Å². The van der Waals surface area contributed by atoms with Gasteiger partial charge in [-0.1, -0.05) is 100.0 Å². The number of esters is 1. The van der Waals surface area contributed by atoms with Crippen LogP contribution in [0.25, 0.3) is 10.8 Å². The van der Waals surface area contributed by atoms with E-state index in [1.165, 1.54) is 40.1 Å². The highest BCUT2D eigenvalue weighted by Crippen LogP contribution is 2.37. The van der Waals surface area contributed by atoms with E-state index in [0.29, 0.717) is 16.4 Å². The first-order valence-electron chi connectivity index (χ1n) is 17.6. The second-order valence-electron chi connectivity index (χ2n) is 14.1. The summed E-state index contributed by atoms with van der Waals surface area (Å²) in [5.41, 5.74) is 9.15. The monoisotopic (exact) mass is 951 g/mol. The van der Waals surface area contributed by atoms with E-state index in [9.17, 15) is 31.2 Å². The summed E-state index contributed by atoms with van der Waals surface area (Å²) in [5, 5.41) is 3.02. The van der Waals surface area contributed by atoms with Crippen molar-refractivity contribution in [3.63, 3.8) is 0 Å². The van der Waals surface area contributed by atoms with Gasteiger partial charge in [0, 0.05) is 16.1 Å². The molecule has 5 aromatic rings. The van der Waals surface area contributed by atoms with Crippen molar-refractivity contribution in [2.75, 3.05) is 12.9 Å². The fourth-order valence-electron chi connectivity index (χ4n) is 5.71. The van der Waals surface area contributed by atoms with Crippen LogP contribution >= 0.6 is 31.9 Å². The van der Waals surface area contributed by atoms with Crippen molar-refractivity contribution >= 4 is 77.3 Å². The van der Waals surface area contributed by atoms with Gasteiger partial charge in [-0.05, 0) is 104 Å². The van der Waals surface area contributed by atoms with Crippen LogP contribution in [0.4, 0.5) is 13.2 Å². The summed E-state index contributed by atoms with van der Waals surface area (Å²) in [7, 11) is -3.27. The second-order valence-corrected chi connectivity index (χ2v) is 17.5. The van der Waals surface area contributed by atoms with Gasteiger partial charge in [-0.25, -0.2) is 8.42 Å². The quantitative estimate of drug-likeness (QED) is 0.0764. The molecule has 2 aliphatic rings. The summed E-state index contributed by atoms with van der Waals surface area (Å²) in [6.07, 6.45) is -1.35. The van der Waals surface area contributed by atoms with Crippen LogP contribution in [0.5, 0.6) is 0 Å². The molecular formula is C42H47BBr2F3NO8S. The number of carbonyl (C=O) groups is 2. The number of aryl methyl sites for hydroxylation is 1. The lowest BCUT2D eigenvalue weighted by molar-refractivity contribution is -0.153. The zero-order chi connectivity index (χ0) is 42.2. The molecule has 0 radical (unpaired) electrons. The van der Waals surface area contributed by atoms with Crippen molar-refractivity contribution < 1.29 is 49.6 Å². The minimum Gasteiger partial charge on any atom is -0.468 e. The molecule has 4 aromatic carbocycles. The smallest absolute Gasteiger partial charge is 0.468 e. The average molecular weight is 954 g/mol. The molecular weight excluding hydrogens is 906 g/mol. The largest absolute Gasteiger partial charge is 0.494 e. The number of ether oxygens (including phenoxy) is 1. The van der Waals surface area contributed by atoms with Crippen LogP contribution in [0.1, 0.15) is 80.6 Å². The molecule has 1 aromatic heterocycles. The standard InChI is InChI=1S/C15H21BO6S.C13H13N.C7H5BrO.C6H4BrF3O.CH4/c1-14(2)15(3,4)22-16(21-14)11-7-6-8-12(9-11)23(18,19)10-13(17)20-5;14-12-8-7-10-4-1-3-9-5-2-6-11(12)13(9)10;8-7-3-1-6(5-9)2-4-7;7-3-4-1-2-5(11-4)6(8,9)10;/h6-9H,10H2,1-5H3;1-6,12H,7-8,14H2;1-5H;1-2H,3H2;1H4. The molecule has 1 aliphatic heterocycles. The van der Waals surface area contributed by atoms with Gasteiger partial charge in [0.15, 0.2) is 15.6 Å². The zero-order valence-corrected chi connectivity index (χ0v) is 35.9. The number of rotatable bonds is 6. The maximum Gasteiger partial charge on any atom is 0.494 e. The number of nitrogens with two attached hydrogens (primary N) is 1. The van der Waals surface area contributed by atoms with Crippen molar-refractivity contribution in [1.29, 1.82) is 0 Å². The number of methoxy groups -OCH3 is 1. The number of alkyl halides is 4. The van der Waals surface area contributed by atoms with Crippen molar-refractivity contribution in [3.05, 3.63) is 130 Å². The van der Waals surface area contributed by atoms with Crippen molar-refractivity contribution in [2.24, 2.45) is 5.73 Å². The Morgan fingerprint density at radius 2 is 1.55 bits per heavy atom. The van der Waals surface area contributed by atoms with Gasteiger partial charge in [-0.2, -0.15) is 13.2 Å². The molecule has 9 nitrogen and oxygen atoms in total. The highest BCUT2D eigenvalue weighted by atomic mass is 79.9. The first-order chi connectivity index (χ1) is 26.7. The first kappa shape index (κ1) is 48.6. The van der Waals surface area contributed by atoms with E-state index in [1.807, 2.05) is 39.8 Å². The molecule has 1 fully saturated rings.